The van der Waals surface area contributed by atoms with E-state index >= 15 is 0 Å². The fraction of sp³-hybridized carbons (Fsp3) is 0.316. The topological polar surface area (TPSA) is 90.5 Å². The van der Waals surface area contributed by atoms with E-state index in [1.807, 2.05) is 13.8 Å². The average molecular weight is 443 g/mol. The molecule has 0 aliphatic heterocycles. The Balaban J connectivity index is 1.95. The molecule has 0 fully saturated rings. The van der Waals surface area contributed by atoms with E-state index in [2.05, 4.69) is 15.4 Å². The average Bonchev–Trinajstić information content (AvgIpc) is 2.63. The van der Waals surface area contributed by atoms with Crippen LogP contribution in [0, 0.1) is 5.82 Å². The van der Waals surface area contributed by atoms with Crippen LogP contribution in [0.25, 0.3) is 0 Å². The van der Waals surface area contributed by atoms with Gasteiger partial charge in [-0.15, -0.1) is 0 Å². The Hall–Kier alpha value is -2.20. The quantitative estimate of drug-likeness (QED) is 0.584. The van der Waals surface area contributed by atoms with Crippen molar-refractivity contribution in [1.82, 2.24) is 14.3 Å². The van der Waals surface area contributed by atoms with Crippen molar-refractivity contribution in [1.29, 1.82) is 0 Å². The van der Waals surface area contributed by atoms with Gasteiger partial charge in [-0.3, -0.25) is 0 Å². The zero-order valence-electron chi connectivity index (χ0n) is 16.4. The number of rotatable bonds is 8. The molecule has 2 aromatic carbocycles. The largest absolute Gasteiger partial charge is 0.336 e. The lowest BCUT2D eigenvalue weighted by Crippen LogP contribution is -2.37. The van der Waals surface area contributed by atoms with Crippen molar-refractivity contribution < 1.29 is 17.6 Å². The van der Waals surface area contributed by atoms with E-state index in [1.54, 1.807) is 24.3 Å². The van der Waals surface area contributed by atoms with E-state index in [1.165, 1.54) is 25.2 Å². The lowest BCUT2D eigenvalue weighted by Gasteiger charge is -2.19. The summed E-state index contributed by atoms with van der Waals surface area (Å²) in [5, 5.41) is 5.56. The van der Waals surface area contributed by atoms with Crippen molar-refractivity contribution in [2.45, 2.75) is 33.0 Å². The number of anilines is 1. The first-order valence-electron chi connectivity index (χ1n) is 8.88. The molecule has 0 spiro atoms. The van der Waals surface area contributed by atoms with Gasteiger partial charge in [0.05, 0.1) is 0 Å². The highest BCUT2D eigenvalue weighted by Gasteiger charge is 2.20. The zero-order chi connectivity index (χ0) is 21.6. The second-order valence-electron chi connectivity index (χ2n) is 6.73. The predicted molar refractivity (Wildman–Crippen MR) is 112 cm³/mol. The molecule has 2 amide bonds. The van der Waals surface area contributed by atoms with Crippen molar-refractivity contribution in [2.24, 2.45) is 0 Å². The molecule has 0 heterocycles. The molecule has 0 radical (unpaired) electrons. The third-order valence-corrected chi connectivity index (χ3v) is 5.76. The Kier molecular flexibility index (Phi) is 7.97. The van der Waals surface area contributed by atoms with Gasteiger partial charge in [0.15, 0.2) is 0 Å². The highest BCUT2D eigenvalue weighted by Crippen LogP contribution is 2.21. The number of carbonyl (C=O) groups is 1. The van der Waals surface area contributed by atoms with Gasteiger partial charge in [-0.25, -0.2) is 9.18 Å². The molecule has 0 atom stereocenters. The van der Waals surface area contributed by atoms with Gasteiger partial charge < -0.3 is 10.6 Å². The van der Waals surface area contributed by atoms with Crippen molar-refractivity contribution in [3.8, 4) is 0 Å². The van der Waals surface area contributed by atoms with Crippen LogP contribution in [0.15, 0.2) is 42.5 Å². The first-order chi connectivity index (χ1) is 13.6. The minimum Gasteiger partial charge on any atom is -0.336 e. The number of benzene rings is 2. The summed E-state index contributed by atoms with van der Waals surface area (Å²) in [6, 6.07) is 10.6. The number of hydrogen-bond acceptors (Lipinski definition) is 3. The third-order valence-electron chi connectivity index (χ3n) is 3.94. The van der Waals surface area contributed by atoms with Crippen LogP contribution in [0.4, 0.5) is 14.9 Å². The Morgan fingerprint density at radius 3 is 2.41 bits per heavy atom. The summed E-state index contributed by atoms with van der Waals surface area (Å²) in [6.45, 7) is 3.54. The summed E-state index contributed by atoms with van der Waals surface area (Å²) >= 11 is 5.96. The number of urea groups is 1. The molecule has 2 rings (SSSR count). The predicted octanol–water partition coefficient (Wildman–Crippen LogP) is 3.48. The summed E-state index contributed by atoms with van der Waals surface area (Å²) < 4.78 is 42.2. The first kappa shape index (κ1) is 23.1. The van der Waals surface area contributed by atoms with Crippen LogP contribution in [-0.2, 0) is 23.3 Å². The number of halogens is 2. The summed E-state index contributed by atoms with van der Waals surface area (Å²) in [4.78, 5) is 11.7. The minimum atomic E-state index is -3.85. The lowest BCUT2D eigenvalue weighted by atomic mass is 10.2. The molecule has 0 saturated carbocycles. The number of nitrogens with one attached hydrogen (secondary N) is 3. The maximum absolute atomic E-state index is 13.9. The fourth-order valence-electron chi connectivity index (χ4n) is 2.41. The van der Waals surface area contributed by atoms with E-state index in [0.717, 1.165) is 4.31 Å². The summed E-state index contributed by atoms with van der Waals surface area (Å²) in [7, 11) is -2.52. The molecule has 0 aliphatic rings. The lowest BCUT2D eigenvalue weighted by molar-refractivity contribution is 0.250. The van der Waals surface area contributed by atoms with Crippen molar-refractivity contribution in [3.63, 3.8) is 0 Å². The van der Waals surface area contributed by atoms with E-state index in [-0.39, 0.29) is 35.7 Å². The molecule has 7 nitrogen and oxygen atoms in total. The van der Waals surface area contributed by atoms with Gasteiger partial charge in [-0.05, 0) is 43.7 Å². The third kappa shape index (κ3) is 6.97. The molecule has 0 saturated heterocycles. The summed E-state index contributed by atoms with van der Waals surface area (Å²) in [5.41, 5.74) is 1.39. The highest BCUT2D eigenvalue weighted by molar-refractivity contribution is 7.87. The van der Waals surface area contributed by atoms with Gasteiger partial charge >= 0.3 is 6.03 Å². The van der Waals surface area contributed by atoms with Crippen molar-refractivity contribution >= 4 is 33.5 Å². The Bertz CT molecular complexity index is 932. The monoisotopic (exact) mass is 442 g/mol. The standard InChI is InChI=1S/C19H24ClFN4O3S/c1-13(2)23-19(26)24-15-9-7-14(8-10-15)11-22-29(27,28)25(3)12-16-17(20)5-4-6-18(16)21/h4-10,13,22H,11-12H2,1-3H3,(H2,23,24,26). The van der Waals surface area contributed by atoms with Gasteiger partial charge in [0.2, 0.25) is 0 Å². The normalized spacial score (nSPS) is 11.7. The zero-order valence-corrected chi connectivity index (χ0v) is 17.9. The second-order valence-corrected chi connectivity index (χ2v) is 9.00. The fourth-order valence-corrected chi connectivity index (χ4v) is 3.50. The maximum Gasteiger partial charge on any atom is 0.319 e. The SMILES string of the molecule is CC(C)NC(=O)Nc1ccc(CNS(=O)(=O)N(C)Cc2c(F)cccc2Cl)cc1. The van der Waals surface area contributed by atoms with Crippen molar-refractivity contribution in [3.05, 3.63) is 64.4 Å². The smallest absolute Gasteiger partial charge is 0.319 e. The second kappa shape index (κ2) is 10.0. The van der Waals surface area contributed by atoms with Crippen LogP contribution in [0.5, 0.6) is 0 Å². The van der Waals surface area contributed by atoms with Gasteiger partial charge in [0.1, 0.15) is 5.82 Å². The number of hydrogen-bond donors (Lipinski definition) is 3. The Morgan fingerprint density at radius 2 is 1.83 bits per heavy atom. The van der Waals surface area contributed by atoms with Gasteiger partial charge in [-0.2, -0.15) is 17.4 Å². The Morgan fingerprint density at radius 1 is 1.17 bits per heavy atom. The van der Waals surface area contributed by atoms with Gasteiger partial charge in [-0.1, -0.05) is 29.8 Å². The Labute approximate surface area is 175 Å². The van der Waals surface area contributed by atoms with E-state index in [0.29, 0.717) is 11.3 Å². The molecule has 0 aliphatic carbocycles. The molecule has 29 heavy (non-hydrogen) atoms. The molecular formula is C19H24ClFN4O3S. The number of amides is 2. The molecule has 3 N–H and O–H groups in total. The molecule has 0 bridgehead atoms. The van der Waals surface area contributed by atoms with Crippen LogP contribution in [0.1, 0.15) is 25.0 Å². The van der Waals surface area contributed by atoms with Gasteiger partial charge in [0.25, 0.3) is 10.2 Å². The van der Waals surface area contributed by atoms with Crippen LogP contribution < -0.4 is 15.4 Å². The summed E-state index contributed by atoms with van der Waals surface area (Å²) in [5.74, 6) is -0.566. The molecule has 158 valence electrons. The maximum atomic E-state index is 13.9. The van der Waals surface area contributed by atoms with Crippen LogP contribution in [0.3, 0.4) is 0 Å². The van der Waals surface area contributed by atoms with E-state index < -0.39 is 16.0 Å². The molecular weight excluding hydrogens is 419 g/mol. The molecule has 0 aromatic heterocycles. The molecule has 0 unspecified atom stereocenters. The van der Waals surface area contributed by atoms with Crippen molar-refractivity contribution in [2.75, 3.05) is 12.4 Å². The molecule has 10 heteroatoms. The van der Waals surface area contributed by atoms with Crippen LogP contribution in [0.2, 0.25) is 5.02 Å². The first-order valence-corrected chi connectivity index (χ1v) is 10.7. The minimum absolute atomic E-state index is 0.0138. The number of nitrogens with zero attached hydrogens (tertiary/aromatic N) is 1. The van der Waals surface area contributed by atoms with E-state index in [4.69, 9.17) is 11.6 Å². The number of carbonyl (C=O) groups excluding carboxylic acids is 1. The summed E-state index contributed by atoms with van der Waals surface area (Å²) in [6.07, 6.45) is 0. The van der Waals surface area contributed by atoms with Crippen LogP contribution in [-0.4, -0.2) is 31.8 Å². The van der Waals surface area contributed by atoms with E-state index in [9.17, 15) is 17.6 Å². The highest BCUT2D eigenvalue weighted by atomic mass is 35.5. The van der Waals surface area contributed by atoms with Gasteiger partial charge in [0, 0.05) is 42.5 Å². The molecule has 2 aromatic rings. The van der Waals surface area contributed by atoms with Crippen LogP contribution >= 0.6 is 11.6 Å².